The van der Waals surface area contributed by atoms with Crippen LogP contribution in [0.4, 0.5) is 0 Å². The molecule has 0 unspecified atom stereocenters. The van der Waals surface area contributed by atoms with Crippen LogP contribution in [0.25, 0.3) is 0 Å². The van der Waals surface area contributed by atoms with E-state index in [-0.39, 0.29) is 0 Å². The fourth-order valence-electron chi connectivity index (χ4n) is 1.87. The minimum atomic E-state index is -0.433. The van der Waals surface area contributed by atoms with E-state index < -0.39 is 5.97 Å². The van der Waals surface area contributed by atoms with Gasteiger partial charge in [0.1, 0.15) is 5.15 Å². The van der Waals surface area contributed by atoms with Gasteiger partial charge in [0.2, 0.25) is 0 Å². The number of hydrogen-bond acceptors (Lipinski definition) is 5. The second-order valence-electron chi connectivity index (χ2n) is 4.50. The number of nitrogens with zero attached hydrogens (tertiary/aromatic N) is 2. The maximum atomic E-state index is 11.7. The molecule has 116 valence electrons. The third-order valence-corrected chi connectivity index (χ3v) is 4.83. The standard InChI is InChI=1S/C15H14Cl2N2O2S/c1-9-11(12(16)6-19-14(9)17)8-22-7-10-4-3-5-18-13(10)15(20)21-2/h3-6H,7-8H2,1-2H3. The lowest BCUT2D eigenvalue weighted by atomic mass is 10.2. The molecule has 0 fully saturated rings. The lowest BCUT2D eigenvalue weighted by Crippen LogP contribution is -2.07. The average Bonchev–Trinajstić information content (AvgIpc) is 2.54. The summed E-state index contributed by atoms with van der Waals surface area (Å²) in [4.78, 5) is 19.8. The van der Waals surface area contributed by atoms with Crippen LogP contribution in [0.15, 0.2) is 24.5 Å². The van der Waals surface area contributed by atoms with Gasteiger partial charge in [0.25, 0.3) is 0 Å². The Morgan fingerprint density at radius 2 is 2.09 bits per heavy atom. The molecule has 0 spiro atoms. The second kappa shape index (κ2) is 7.81. The first-order valence-electron chi connectivity index (χ1n) is 6.44. The highest BCUT2D eigenvalue weighted by Gasteiger charge is 2.14. The van der Waals surface area contributed by atoms with E-state index in [1.165, 1.54) is 7.11 Å². The van der Waals surface area contributed by atoms with Gasteiger partial charge in [-0.2, -0.15) is 11.8 Å². The first-order valence-corrected chi connectivity index (χ1v) is 8.35. The molecule has 22 heavy (non-hydrogen) atoms. The number of carbonyl (C=O) groups excluding carboxylic acids is 1. The van der Waals surface area contributed by atoms with Gasteiger partial charge in [-0.1, -0.05) is 29.3 Å². The van der Waals surface area contributed by atoms with Gasteiger partial charge < -0.3 is 4.74 Å². The maximum Gasteiger partial charge on any atom is 0.356 e. The fourth-order valence-corrected chi connectivity index (χ4v) is 3.50. The number of esters is 1. The van der Waals surface area contributed by atoms with Crippen LogP contribution in [-0.4, -0.2) is 23.0 Å². The second-order valence-corrected chi connectivity index (χ2v) is 6.25. The summed E-state index contributed by atoms with van der Waals surface area (Å²) in [5, 5.41) is 1.05. The largest absolute Gasteiger partial charge is 0.464 e. The zero-order valence-electron chi connectivity index (χ0n) is 12.1. The number of hydrogen-bond donors (Lipinski definition) is 0. The first kappa shape index (κ1) is 17.1. The average molecular weight is 357 g/mol. The first-order chi connectivity index (χ1) is 10.5. The number of ether oxygens (including phenoxy) is 1. The lowest BCUT2D eigenvalue weighted by molar-refractivity contribution is 0.0593. The summed E-state index contributed by atoms with van der Waals surface area (Å²) < 4.78 is 4.74. The van der Waals surface area contributed by atoms with Crippen LogP contribution in [-0.2, 0) is 16.2 Å². The van der Waals surface area contributed by atoms with E-state index in [4.69, 9.17) is 27.9 Å². The summed E-state index contributed by atoms with van der Waals surface area (Å²) in [5.41, 5.74) is 3.00. The van der Waals surface area contributed by atoms with Crippen LogP contribution in [0.5, 0.6) is 0 Å². The van der Waals surface area contributed by atoms with Crippen molar-refractivity contribution in [3.8, 4) is 0 Å². The van der Waals surface area contributed by atoms with Gasteiger partial charge in [0, 0.05) is 23.9 Å². The van der Waals surface area contributed by atoms with Gasteiger partial charge in [-0.05, 0) is 29.7 Å². The molecule has 4 nitrogen and oxygen atoms in total. The number of thioether (sulfide) groups is 1. The minimum Gasteiger partial charge on any atom is -0.464 e. The molecular formula is C15H14Cl2N2O2S. The summed E-state index contributed by atoms with van der Waals surface area (Å²) in [5.74, 6) is 0.855. The number of methoxy groups -OCH3 is 1. The molecule has 2 aromatic heterocycles. The van der Waals surface area contributed by atoms with E-state index >= 15 is 0 Å². The van der Waals surface area contributed by atoms with Crippen molar-refractivity contribution >= 4 is 40.9 Å². The molecule has 0 saturated heterocycles. The van der Waals surface area contributed by atoms with E-state index in [2.05, 4.69) is 9.97 Å². The Morgan fingerprint density at radius 3 is 2.82 bits per heavy atom. The van der Waals surface area contributed by atoms with Crippen LogP contribution in [0.1, 0.15) is 27.2 Å². The van der Waals surface area contributed by atoms with E-state index in [9.17, 15) is 4.79 Å². The molecule has 0 bridgehead atoms. The molecule has 0 N–H and O–H groups in total. The highest BCUT2D eigenvalue weighted by atomic mass is 35.5. The Kier molecular flexibility index (Phi) is 6.06. The highest BCUT2D eigenvalue weighted by Crippen LogP contribution is 2.29. The summed E-state index contributed by atoms with van der Waals surface area (Å²) in [6, 6.07) is 3.66. The van der Waals surface area contributed by atoms with Crippen molar-refractivity contribution in [2.24, 2.45) is 0 Å². The molecule has 0 aliphatic rings. The zero-order chi connectivity index (χ0) is 16.1. The van der Waals surface area contributed by atoms with Crippen molar-refractivity contribution in [1.82, 2.24) is 9.97 Å². The Labute approximate surface area is 143 Å². The quantitative estimate of drug-likeness (QED) is 0.590. The van der Waals surface area contributed by atoms with Crippen molar-refractivity contribution in [3.05, 3.63) is 57.1 Å². The molecule has 0 atom stereocenters. The predicted octanol–water partition coefficient (Wildman–Crippen LogP) is 4.31. The number of aromatic nitrogens is 2. The van der Waals surface area contributed by atoms with Crippen LogP contribution >= 0.6 is 35.0 Å². The van der Waals surface area contributed by atoms with Gasteiger partial charge in [-0.25, -0.2) is 14.8 Å². The van der Waals surface area contributed by atoms with Crippen molar-refractivity contribution in [1.29, 1.82) is 0 Å². The molecule has 2 heterocycles. The van der Waals surface area contributed by atoms with E-state index in [1.54, 1.807) is 30.2 Å². The van der Waals surface area contributed by atoms with Crippen LogP contribution < -0.4 is 0 Å². The van der Waals surface area contributed by atoms with E-state index in [0.717, 1.165) is 16.7 Å². The van der Waals surface area contributed by atoms with E-state index in [1.807, 2.05) is 13.0 Å². The van der Waals surface area contributed by atoms with Gasteiger partial charge in [-0.3, -0.25) is 0 Å². The summed E-state index contributed by atoms with van der Waals surface area (Å²) in [6.07, 6.45) is 3.13. The summed E-state index contributed by atoms with van der Waals surface area (Å²) in [6.45, 7) is 1.89. The zero-order valence-corrected chi connectivity index (χ0v) is 14.4. The minimum absolute atomic E-state index is 0.341. The number of rotatable bonds is 5. The van der Waals surface area contributed by atoms with Crippen molar-refractivity contribution in [2.45, 2.75) is 18.4 Å². The molecule has 0 saturated carbocycles. The number of halogens is 2. The van der Waals surface area contributed by atoms with Gasteiger partial charge in [0.15, 0.2) is 5.69 Å². The molecule has 0 aliphatic heterocycles. The van der Waals surface area contributed by atoms with Crippen molar-refractivity contribution in [2.75, 3.05) is 7.11 Å². The molecule has 0 aliphatic carbocycles. The third-order valence-electron chi connectivity index (χ3n) is 3.12. The Morgan fingerprint density at radius 1 is 1.32 bits per heavy atom. The van der Waals surface area contributed by atoms with Gasteiger partial charge in [0.05, 0.1) is 12.1 Å². The lowest BCUT2D eigenvalue weighted by Gasteiger charge is -2.10. The molecular weight excluding hydrogens is 343 g/mol. The number of pyridine rings is 2. The van der Waals surface area contributed by atoms with E-state index in [0.29, 0.717) is 27.4 Å². The predicted molar refractivity (Wildman–Crippen MR) is 89.6 cm³/mol. The third kappa shape index (κ3) is 3.91. The Hall–Kier alpha value is -1.30. The monoisotopic (exact) mass is 356 g/mol. The molecule has 7 heteroatoms. The van der Waals surface area contributed by atoms with Crippen LogP contribution in [0.2, 0.25) is 10.2 Å². The Balaban J connectivity index is 2.10. The SMILES string of the molecule is COC(=O)c1ncccc1CSCc1c(Cl)cnc(Cl)c1C. The molecule has 2 rings (SSSR count). The van der Waals surface area contributed by atoms with Gasteiger partial charge >= 0.3 is 5.97 Å². The number of carbonyl (C=O) groups is 1. The molecule has 0 aromatic carbocycles. The summed E-state index contributed by atoms with van der Waals surface area (Å²) >= 11 is 13.8. The van der Waals surface area contributed by atoms with Crippen LogP contribution in [0, 0.1) is 6.92 Å². The van der Waals surface area contributed by atoms with Crippen molar-refractivity contribution in [3.63, 3.8) is 0 Å². The topological polar surface area (TPSA) is 52.1 Å². The van der Waals surface area contributed by atoms with Gasteiger partial charge in [-0.15, -0.1) is 0 Å². The molecule has 0 radical (unpaired) electrons. The Bertz CT molecular complexity index is 695. The highest BCUT2D eigenvalue weighted by molar-refractivity contribution is 7.97. The molecule has 0 amide bonds. The normalized spacial score (nSPS) is 10.5. The summed E-state index contributed by atoms with van der Waals surface area (Å²) in [7, 11) is 1.34. The molecule has 2 aromatic rings. The smallest absolute Gasteiger partial charge is 0.356 e. The fraction of sp³-hybridized carbons (Fsp3) is 0.267. The maximum absolute atomic E-state index is 11.7. The van der Waals surface area contributed by atoms with Crippen molar-refractivity contribution < 1.29 is 9.53 Å². The van der Waals surface area contributed by atoms with Crippen LogP contribution in [0.3, 0.4) is 0 Å².